The fraction of sp³-hybridized carbons (Fsp3) is 0.0714. The van der Waals surface area contributed by atoms with E-state index in [1.165, 1.54) is 6.07 Å². The Morgan fingerprint density at radius 2 is 1.89 bits per heavy atom. The van der Waals surface area contributed by atoms with Crippen molar-refractivity contribution in [1.82, 2.24) is 9.38 Å². The highest BCUT2D eigenvalue weighted by Crippen LogP contribution is 2.26. The van der Waals surface area contributed by atoms with Gasteiger partial charge in [-0.15, -0.1) is 11.6 Å². The SMILES string of the molecule is Fc1cccn2c(CCl)c(-c3ccccc3)nc12. The normalized spacial score (nSPS) is 11.0. The average Bonchev–Trinajstić information content (AvgIpc) is 2.80. The van der Waals surface area contributed by atoms with Gasteiger partial charge in [-0.05, 0) is 12.1 Å². The number of hydrogen-bond donors (Lipinski definition) is 0. The zero-order chi connectivity index (χ0) is 12.5. The van der Waals surface area contributed by atoms with Gasteiger partial charge in [0.05, 0.1) is 17.3 Å². The van der Waals surface area contributed by atoms with E-state index in [9.17, 15) is 4.39 Å². The highest BCUT2D eigenvalue weighted by molar-refractivity contribution is 6.17. The molecule has 2 heterocycles. The Morgan fingerprint density at radius 3 is 2.61 bits per heavy atom. The Bertz CT molecular complexity index is 692. The van der Waals surface area contributed by atoms with Gasteiger partial charge in [0.25, 0.3) is 0 Å². The number of benzene rings is 1. The van der Waals surface area contributed by atoms with Crippen molar-refractivity contribution in [3.63, 3.8) is 0 Å². The molecule has 0 spiro atoms. The first kappa shape index (κ1) is 11.2. The van der Waals surface area contributed by atoms with E-state index in [2.05, 4.69) is 4.98 Å². The fourth-order valence-corrected chi connectivity index (χ4v) is 2.29. The van der Waals surface area contributed by atoms with E-state index in [1.807, 2.05) is 30.3 Å². The van der Waals surface area contributed by atoms with Gasteiger partial charge in [-0.25, -0.2) is 9.37 Å². The summed E-state index contributed by atoms with van der Waals surface area (Å²) in [7, 11) is 0. The number of pyridine rings is 1. The topological polar surface area (TPSA) is 17.3 Å². The van der Waals surface area contributed by atoms with Crippen LogP contribution >= 0.6 is 11.6 Å². The molecular formula is C14H10ClFN2. The summed E-state index contributed by atoms with van der Waals surface area (Å²) in [4.78, 5) is 4.36. The number of halogens is 2. The van der Waals surface area contributed by atoms with Gasteiger partial charge in [0.15, 0.2) is 11.5 Å². The van der Waals surface area contributed by atoms with Crippen molar-refractivity contribution in [3.05, 3.63) is 60.2 Å². The van der Waals surface area contributed by atoms with Crippen molar-refractivity contribution in [1.29, 1.82) is 0 Å². The lowest BCUT2D eigenvalue weighted by Crippen LogP contribution is -1.92. The molecule has 0 saturated heterocycles. The minimum atomic E-state index is -0.342. The fourth-order valence-electron chi connectivity index (χ4n) is 2.04. The van der Waals surface area contributed by atoms with Crippen molar-refractivity contribution in [2.75, 3.05) is 0 Å². The van der Waals surface area contributed by atoms with Gasteiger partial charge in [-0.1, -0.05) is 30.3 Å². The predicted octanol–water partition coefficient (Wildman–Crippen LogP) is 3.88. The number of nitrogens with zero attached hydrogens (tertiary/aromatic N) is 2. The number of aromatic nitrogens is 2. The quantitative estimate of drug-likeness (QED) is 0.639. The van der Waals surface area contributed by atoms with Crippen molar-refractivity contribution in [2.24, 2.45) is 0 Å². The molecule has 0 saturated carbocycles. The highest BCUT2D eigenvalue weighted by Gasteiger charge is 2.14. The number of fused-ring (bicyclic) bond motifs is 1. The molecule has 90 valence electrons. The maximum Gasteiger partial charge on any atom is 0.174 e. The first-order valence-electron chi connectivity index (χ1n) is 5.58. The molecule has 4 heteroatoms. The van der Waals surface area contributed by atoms with E-state index >= 15 is 0 Å². The van der Waals surface area contributed by atoms with Gasteiger partial charge < -0.3 is 0 Å². The van der Waals surface area contributed by atoms with E-state index in [1.54, 1.807) is 16.7 Å². The van der Waals surface area contributed by atoms with Crippen LogP contribution in [0.3, 0.4) is 0 Å². The molecule has 2 nitrogen and oxygen atoms in total. The lowest BCUT2D eigenvalue weighted by atomic mass is 10.1. The zero-order valence-electron chi connectivity index (χ0n) is 9.48. The third kappa shape index (κ3) is 1.68. The van der Waals surface area contributed by atoms with Crippen LogP contribution in [0.5, 0.6) is 0 Å². The van der Waals surface area contributed by atoms with E-state index < -0.39 is 0 Å². The van der Waals surface area contributed by atoms with E-state index in [0.29, 0.717) is 5.65 Å². The molecule has 18 heavy (non-hydrogen) atoms. The lowest BCUT2D eigenvalue weighted by Gasteiger charge is -2.00. The Labute approximate surface area is 109 Å². The van der Waals surface area contributed by atoms with Gasteiger partial charge in [-0.2, -0.15) is 0 Å². The molecule has 1 aromatic carbocycles. The standard InChI is InChI=1S/C14H10ClFN2/c15-9-12-13(10-5-2-1-3-6-10)17-14-11(16)7-4-8-18(12)14/h1-8H,9H2. The molecule has 0 N–H and O–H groups in total. The molecular weight excluding hydrogens is 251 g/mol. The van der Waals surface area contributed by atoms with E-state index in [0.717, 1.165) is 17.0 Å². The summed E-state index contributed by atoms with van der Waals surface area (Å²) in [6.07, 6.45) is 1.77. The van der Waals surface area contributed by atoms with Crippen LogP contribution in [0.1, 0.15) is 5.69 Å². The molecule has 0 radical (unpaired) electrons. The molecule has 0 aliphatic carbocycles. The lowest BCUT2D eigenvalue weighted by molar-refractivity contribution is 0.629. The molecule has 0 atom stereocenters. The van der Waals surface area contributed by atoms with E-state index in [4.69, 9.17) is 11.6 Å². The van der Waals surface area contributed by atoms with Crippen molar-refractivity contribution in [2.45, 2.75) is 5.88 Å². The maximum absolute atomic E-state index is 13.7. The first-order valence-corrected chi connectivity index (χ1v) is 6.11. The molecule has 0 bridgehead atoms. The molecule has 0 fully saturated rings. The predicted molar refractivity (Wildman–Crippen MR) is 70.1 cm³/mol. The smallest absolute Gasteiger partial charge is 0.174 e. The van der Waals surface area contributed by atoms with Gasteiger partial charge in [0.2, 0.25) is 0 Å². The number of hydrogen-bond acceptors (Lipinski definition) is 1. The second kappa shape index (κ2) is 4.42. The molecule has 0 unspecified atom stereocenters. The van der Waals surface area contributed by atoms with Crippen molar-refractivity contribution < 1.29 is 4.39 Å². The Hall–Kier alpha value is -1.87. The second-order valence-electron chi connectivity index (χ2n) is 3.96. The van der Waals surface area contributed by atoms with Crippen LogP contribution in [-0.4, -0.2) is 9.38 Å². The van der Waals surface area contributed by atoms with Crippen molar-refractivity contribution in [3.8, 4) is 11.3 Å². The van der Waals surface area contributed by atoms with Crippen LogP contribution in [0.2, 0.25) is 0 Å². The first-order chi connectivity index (χ1) is 8.81. The summed E-state index contributed by atoms with van der Waals surface area (Å²) in [6.45, 7) is 0. The Kier molecular flexibility index (Phi) is 2.76. The van der Waals surface area contributed by atoms with Crippen LogP contribution in [0.4, 0.5) is 4.39 Å². The van der Waals surface area contributed by atoms with Crippen LogP contribution in [0.25, 0.3) is 16.9 Å². The highest BCUT2D eigenvalue weighted by atomic mass is 35.5. The summed E-state index contributed by atoms with van der Waals surface area (Å²) in [6, 6.07) is 12.7. The molecule has 0 aliphatic rings. The minimum Gasteiger partial charge on any atom is -0.300 e. The molecule has 3 rings (SSSR count). The van der Waals surface area contributed by atoms with Gasteiger partial charge in [0.1, 0.15) is 0 Å². The largest absolute Gasteiger partial charge is 0.300 e. The molecule has 0 aliphatic heterocycles. The van der Waals surface area contributed by atoms with Gasteiger partial charge in [0, 0.05) is 11.8 Å². The molecule has 2 aromatic heterocycles. The molecule has 3 aromatic rings. The van der Waals surface area contributed by atoms with Gasteiger partial charge >= 0.3 is 0 Å². The van der Waals surface area contributed by atoms with Crippen LogP contribution in [0.15, 0.2) is 48.7 Å². The Morgan fingerprint density at radius 1 is 1.11 bits per heavy atom. The third-order valence-electron chi connectivity index (χ3n) is 2.88. The summed E-state index contributed by atoms with van der Waals surface area (Å²) >= 11 is 5.97. The number of imidazole rings is 1. The molecule has 0 amide bonds. The van der Waals surface area contributed by atoms with Gasteiger partial charge in [-0.3, -0.25) is 4.40 Å². The Balaban J connectivity index is 2.33. The summed E-state index contributed by atoms with van der Waals surface area (Å²) in [5, 5.41) is 0. The monoisotopic (exact) mass is 260 g/mol. The number of rotatable bonds is 2. The average molecular weight is 261 g/mol. The number of alkyl halides is 1. The summed E-state index contributed by atoms with van der Waals surface area (Å²) in [5.74, 6) is -0.0551. The van der Waals surface area contributed by atoms with E-state index in [-0.39, 0.29) is 11.7 Å². The van der Waals surface area contributed by atoms with Crippen LogP contribution in [-0.2, 0) is 5.88 Å². The van der Waals surface area contributed by atoms with Crippen molar-refractivity contribution >= 4 is 17.2 Å². The maximum atomic E-state index is 13.7. The van der Waals surface area contributed by atoms with Crippen LogP contribution in [0, 0.1) is 5.82 Å². The zero-order valence-corrected chi connectivity index (χ0v) is 10.2. The third-order valence-corrected chi connectivity index (χ3v) is 3.13. The summed E-state index contributed by atoms with van der Waals surface area (Å²) < 4.78 is 15.4. The summed E-state index contributed by atoms with van der Waals surface area (Å²) in [5.41, 5.74) is 2.79. The van der Waals surface area contributed by atoms with Crippen LogP contribution < -0.4 is 0 Å². The minimum absolute atomic E-state index is 0.287. The second-order valence-corrected chi connectivity index (χ2v) is 4.22.